The molecule has 0 radical (unpaired) electrons. The normalized spacial score (nSPS) is 15.2. The predicted molar refractivity (Wildman–Crippen MR) is 105 cm³/mol. The fourth-order valence-electron chi connectivity index (χ4n) is 3.48. The Bertz CT molecular complexity index is 787. The van der Waals surface area contributed by atoms with Gasteiger partial charge < -0.3 is 14.5 Å². The van der Waals surface area contributed by atoms with Crippen LogP contribution < -0.4 is 0 Å². The maximum atomic E-state index is 12.7. The van der Waals surface area contributed by atoms with Crippen LogP contribution in [0.3, 0.4) is 0 Å². The van der Waals surface area contributed by atoms with E-state index in [0.29, 0.717) is 5.56 Å². The molecule has 1 fully saturated rings. The molecule has 0 unspecified atom stereocenters. The van der Waals surface area contributed by atoms with E-state index in [1.54, 1.807) is 11.0 Å². The molecule has 1 amide bonds. The van der Waals surface area contributed by atoms with E-state index in [4.69, 9.17) is 0 Å². The van der Waals surface area contributed by atoms with Crippen molar-refractivity contribution in [3.05, 3.63) is 59.7 Å². The van der Waals surface area contributed by atoms with Gasteiger partial charge in [0.1, 0.15) is 5.69 Å². The van der Waals surface area contributed by atoms with Crippen molar-refractivity contribution in [3.8, 4) is 0 Å². The third kappa shape index (κ3) is 4.92. The van der Waals surface area contributed by atoms with Crippen molar-refractivity contribution in [2.75, 3.05) is 33.8 Å². The van der Waals surface area contributed by atoms with Crippen LogP contribution in [0.25, 0.3) is 0 Å². The highest BCUT2D eigenvalue weighted by atomic mass is 16.5. The molecule has 7 heteroatoms. The van der Waals surface area contributed by atoms with Crippen molar-refractivity contribution in [2.45, 2.75) is 25.3 Å². The molecule has 0 spiro atoms. The number of carbonyl (C=O) groups is 2. The minimum Gasteiger partial charge on any atom is -0.464 e. The van der Waals surface area contributed by atoms with Crippen molar-refractivity contribution in [2.24, 2.45) is 0 Å². The number of hydrogen-bond acceptors (Lipinski definition) is 6. The second-order valence-corrected chi connectivity index (χ2v) is 7.02. The molecule has 2 aromatic rings. The lowest BCUT2D eigenvalue weighted by molar-refractivity contribution is 0.0590. The number of pyridine rings is 2. The van der Waals surface area contributed by atoms with Crippen molar-refractivity contribution in [3.63, 3.8) is 0 Å². The Labute approximate surface area is 165 Å². The van der Waals surface area contributed by atoms with Crippen LogP contribution in [0.2, 0.25) is 0 Å². The minimum absolute atomic E-state index is 0.0702. The molecule has 0 aliphatic carbocycles. The largest absolute Gasteiger partial charge is 0.464 e. The van der Waals surface area contributed by atoms with Gasteiger partial charge in [0.15, 0.2) is 0 Å². The lowest BCUT2D eigenvalue weighted by atomic mass is 10.0. The van der Waals surface area contributed by atoms with Crippen LogP contribution in [-0.4, -0.2) is 71.5 Å². The Balaban J connectivity index is 1.49. The van der Waals surface area contributed by atoms with E-state index in [1.807, 2.05) is 19.4 Å². The lowest BCUT2D eigenvalue weighted by Gasteiger charge is -2.36. The van der Waals surface area contributed by atoms with E-state index in [0.717, 1.165) is 38.9 Å². The summed E-state index contributed by atoms with van der Waals surface area (Å²) in [5.74, 6) is -0.578. The highest BCUT2D eigenvalue weighted by Gasteiger charge is 2.26. The average molecular weight is 382 g/mol. The number of piperidine rings is 1. The molecule has 2 aromatic heterocycles. The monoisotopic (exact) mass is 382 g/mol. The van der Waals surface area contributed by atoms with Gasteiger partial charge in [0.05, 0.1) is 12.7 Å². The van der Waals surface area contributed by atoms with Crippen molar-refractivity contribution >= 4 is 11.9 Å². The van der Waals surface area contributed by atoms with E-state index in [9.17, 15) is 9.59 Å². The van der Waals surface area contributed by atoms with Gasteiger partial charge in [0.25, 0.3) is 5.91 Å². The average Bonchev–Trinajstić information content (AvgIpc) is 2.77. The standard InChI is InChI=1S/C21H26N4O3/c1-24(20(26)17-3-4-19(23-15-17)21(27)28-2)18-8-13-25(14-9-18)12-7-16-5-10-22-11-6-16/h3-6,10-11,15,18H,7-9,12-14H2,1-2H3. The van der Waals surface area contributed by atoms with Crippen molar-refractivity contribution in [1.29, 1.82) is 0 Å². The fraction of sp³-hybridized carbons (Fsp3) is 0.429. The number of methoxy groups -OCH3 is 1. The molecule has 3 rings (SSSR count). The van der Waals surface area contributed by atoms with E-state index in [1.165, 1.54) is 24.9 Å². The number of rotatable bonds is 6. The zero-order chi connectivity index (χ0) is 19.9. The smallest absolute Gasteiger partial charge is 0.356 e. The first-order chi connectivity index (χ1) is 13.6. The van der Waals surface area contributed by atoms with Gasteiger partial charge >= 0.3 is 5.97 Å². The number of esters is 1. The zero-order valence-electron chi connectivity index (χ0n) is 16.4. The van der Waals surface area contributed by atoms with Gasteiger partial charge in [0.2, 0.25) is 0 Å². The van der Waals surface area contributed by atoms with Gasteiger partial charge in [-0.2, -0.15) is 0 Å². The topological polar surface area (TPSA) is 75.6 Å². The Morgan fingerprint density at radius 3 is 2.50 bits per heavy atom. The summed E-state index contributed by atoms with van der Waals surface area (Å²) in [6.45, 7) is 2.98. The van der Waals surface area contributed by atoms with Crippen LogP contribution in [-0.2, 0) is 11.2 Å². The molecule has 0 aromatic carbocycles. The first-order valence-electron chi connectivity index (χ1n) is 9.51. The summed E-state index contributed by atoms with van der Waals surface area (Å²) < 4.78 is 4.63. The fourth-order valence-corrected chi connectivity index (χ4v) is 3.48. The van der Waals surface area contributed by atoms with Crippen LogP contribution >= 0.6 is 0 Å². The van der Waals surface area contributed by atoms with E-state index in [2.05, 4.69) is 31.7 Å². The SMILES string of the molecule is COC(=O)c1ccc(C(=O)N(C)C2CCN(CCc3ccncc3)CC2)cn1. The number of carbonyl (C=O) groups excluding carboxylic acids is 2. The van der Waals surface area contributed by atoms with Gasteiger partial charge in [-0.05, 0) is 49.1 Å². The minimum atomic E-state index is -0.508. The van der Waals surface area contributed by atoms with Gasteiger partial charge in [-0.25, -0.2) is 9.78 Å². The maximum absolute atomic E-state index is 12.7. The summed E-state index contributed by atoms with van der Waals surface area (Å²) >= 11 is 0. The molecule has 3 heterocycles. The first kappa shape index (κ1) is 19.9. The number of nitrogens with zero attached hydrogens (tertiary/aromatic N) is 4. The quantitative estimate of drug-likeness (QED) is 0.712. The van der Waals surface area contributed by atoms with E-state index in [-0.39, 0.29) is 17.6 Å². The molecule has 148 valence electrons. The summed E-state index contributed by atoms with van der Waals surface area (Å²) in [7, 11) is 3.15. The molecule has 0 bridgehead atoms. The molecule has 28 heavy (non-hydrogen) atoms. The maximum Gasteiger partial charge on any atom is 0.356 e. The second-order valence-electron chi connectivity index (χ2n) is 7.02. The Morgan fingerprint density at radius 1 is 1.18 bits per heavy atom. The van der Waals surface area contributed by atoms with Gasteiger partial charge in [-0.1, -0.05) is 0 Å². The van der Waals surface area contributed by atoms with Crippen LogP contribution in [0.1, 0.15) is 39.3 Å². The number of amides is 1. The zero-order valence-corrected chi connectivity index (χ0v) is 16.4. The Morgan fingerprint density at radius 2 is 1.89 bits per heavy atom. The third-order valence-electron chi connectivity index (χ3n) is 5.30. The molecule has 1 aliphatic rings. The molecule has 0 saturated carbocycles. The molecule has 0 atom stereocenters. The van der Waals surface area contributed by atoms with Crippen molar-refractivity contribution < 1.29 is 14.3 Å². The second kappa shape index (κ2) is 9.41. The van der Waals surface area contributed by atoms with Crippen LogP contribution in [0, 0.1) is 0 Å². The van der Waals surface area contributed by atoms with E-state index >= 15 is 0 Å². The molecule has 7 nitrogen and oxygen atoms in total. The molecule has 1 aliphatic heterocycles. The summed E-state index contributed by atoms with van der Waals surface area (Å²) in [4.78, 5) is 36.5. The summed E-state index contributed by atoms with van der Waals surface area (Å²) in [6.07, 6.45) is 8.01. The van der Waals surface area contributed by atoms with Crippen molar-refractivity contribution in [1.82, 2.24) is 19.8 Å². The molecular weight excluding hydrogens is 356 g/mol. The molecule has 1 saturated heterocycles. The number of aromatic nitrogens is 2. The van der Waals surface area contributed by atoms with Gasteiger partial charge in [-0.3, -0.25) is 9.78 Å². The van der Waals surface area contributed by atoms with Crippen LogP contribution in [0.5, 0.6) is 0 Å². The Kier molecular flexibility index (Phi) is 6.71. The lowest BCUT2D eigenvalue weighted by Crippen LogP contribution is -2.46. The number of hydrogen-bond donors (Lipinski definition) is 0. The summed E-state index contributed by atoms with van der Waals surface area (Å²) in [6, 6.07) is 7.47. The summed E-state index contributed by atoms with van der Waals surface area (Å²) in [5, 5.41) is 0. The van der Waals surface area contributed by atoms with E-state index < -0.39 is 5.97 Å². The van der Waals surface area contributed by atoms with Gasteiger partial charge in [-0.15, -0.1) is 0 Å². The number of likely N-dealkylation sites (tertiary alicyclic amines) is 1. The number of ether oxygens (including phenoxy) is 1. The highest BCUT2D eigenvalue weighted by Crippen LogP contribution is 2.18. The predicted octanol–water partition coefficient (Wildman–Crippen LogP) is 2.04. The van der Waals surface area contributed by atoms with Crippen LogP contribution in [0.15, 0.2) is 42.9 Å². The van der Waals surface area contributed by atoms with Crippen LogP contribution in [0.4, 0.5) is 0 Å². The molecule has 0 N–H and O–H groups in total. The highest BCUT2D eigenvalue weighted by molar-refractivity contribution is 5.95. The summed E-state index contributed by atoms with van der Waals surface area (Å²) in [5.41, 5.74) is 1.98. The van der Waals surface area contributed by atoms with Gasteiger partial charge in [0, 0.05) is 51.3 Å². The molecular formula is C21H26N4O3. The Hall–Kier alpha value is -2.80. The third-order valence-corrected chi connectivity index (χ3v) is 5.30. The first-order valence-corrected chi connectivity index (χ1v) is 9.51.